The van der Waals surface area contributed by atoms with E-state index in [0.717, 1.165) is 56.9 Å². The van der Waals surface area contributed by atoms with E-state index in [0.29, 0.717) is 30.6 Å². The van der Waals surface area contributed by atoms with Crippen molar-refractivity contribution in [3.8, 4) is 0 Å². The van der Waals surface area contributed by atoms with Crippen molar-refractivity contribution in [2.45, 2.75) is 107 Å². The SMILES string of the molecule is CN(C)NC(=O)N(C1CCCCC1)C1CCN(C(=O)C(Cc2ccc(Cl)cc2)N[C@H]2CC[C@@H](N)CC2)CC1. The molecule has 3 amide bonds. The number of halogens is 1. The molecule has 212 valence electrons. The molecule has 0 spiro atoms. The minimum Gasteiger partial charge on any atom is -0.341 e. The van der Waals surface area contributed by atoms with Gasteiger partial charge in [0.25, 0.3) is 0 Å². The molecule has 2 saturated carbocycles. The van der Waals surface area contributed by atoms with Gasteiger partial charge in [0.05, 0.1) is 6.04 Å². The van der Waals surface area contributed by atoms with E-state index in [9.17, 15) is 9.59 Å². The van der Waals surface area contributed by atoms with Gasteiger partial charge in [-0.25, -0.2) is 9.80 Å². The van der Waals surface area contributed by atoms with Crippen LogP contribution in [-0.2, 0) is 11.2 Å². The van der Waals surface area contributed by atoms with Crippen molar-refractivity contribution in [1.82, 2.24) is 25.6 Å². The van der Waals surface area contributed by atoms with Crippen molar-refractivity contribution in [3.63, 3.8) is 0 Å². The monoisotopic (exact) mass is 546 g/mol. The lowest BCUT2D eigenvalue weighted by Crippen LogP contribution is -2.59. The number of nitrogens with two attached hydrogens (primary N) is 1. The molecule has 1 saturated heterocycles. The van der Waals surface area contributed by atoms with Crippen LogP contribution in [0.3, 0.4) is 0 Å². The maximum absolute atomic E-state index is 13.9. The lowest BCUT2D eigenvalue weighted by molar-refractivity contribution is -0.135. The first kappa shape index (κ1) is 29.1. The number of amides is 3. The first-order valence-electron chi connectivity index (χ1n) is 14.6. The minimum absolute atomic E-state index is 0.00976. The second kappa shape index (κ2) is 14.0. The summed E-state index contributed by atoms with van der Waals surface area (Å²) in [6, 6.07) is 8.54. The number of hydrazine groups is 1. The van der Waals surface area contributed by atoms with Crippen molar-refractivity contribution in [2.24, 2.45) is 5.73 Å². The number of urea groups is 1. The van der Waals surface area contributed by atoms with Crippen molar-refractivity contribution in [3.05, 3.63) is 34.9 Å². The summed E-state index contributed by atoms with van der Waals surface area (Å²) in [6.45, 7) is 1.35. The van der Waals surface area contributed by atoms with Gasteiger partial charge in [0.15, 0.2) is 0 Å². The molecule has 4 N–H and O–H groups in total. The molecule has 0 aromatic heterocycles. The zero-order valence-electron chi connectivity index (χ0n) is 23.2. The number of nitrogens with one attached hydrogen (secondary N) is 2. The van der Waals surface area contributed by atoms with Gasteiger partial charge >= 0.3 is 6.03 Å². The van der Waals surface area contributed by atoms with Crippen LogP contribution in [-0.4, -0.2) is 84.1 Å². The number of hydrogen-bond acceptors (Lipinski definition) is 5. The summed E-state index contributed by atoms with van der Waals surface area (Å²) in [5.41, 5.74) is 10.2. The van der Waals surface area contributed by atoms with Gasteiger partial charge in [0.2, 0.25) is 5.91 Å². The zero-order chi connectivity index (χ0) is 27.1. The Morgan fingerprint density at radius 3 is 2.16 bits per heavy atom. The standard InChI is InChI=1S/C29H47ClN6O2/c1-34(2)33-29(38)36(25-6-4-3-5-7-25)26-16-18-35(19-17-26)28(37)27(20-21-8-10-22(30)11-9-21)32-24-14-12-23(31)13-15-24/h8-11,23-27,32H,3-7,12-20,31H2,1-2H3,(H,33,38)/t23-,24+,27?. The fourth-order valence-corrected chi connectivity index (χ4v) is 6.59. The number of benzene rings is 1. The number of hydrogen-bond donors (Lipinski definition) is 3. The highest BCUT2D eigenvalue weighted by Gasteiger charge is 2.36. The van der Waals surface area contributed by atoms with Crippen LogP contribution in [0.15, 0.2) is 24.3 Å². The molecule has 1 unspecified atom stereocenters. The number of carbonyl (C=O) groups excluding carboxylic acids is 2. The summed E-state index contributed by atoms with van der Waals surface area (Å²) in [5.74, 6) is 0.162. The second-order valence-electron chi connectivity index (χ2n) is 11.7. The third kappa shape index (κ3) is 8.07. The Labute approximate surface area is 233 Å². The molecule has 1 atom stereocenters. The van der Waals surface area contributed by atoms with Gasteiger partial charge in [-0.2, -0.15) is 0 Å². The first-order chi connectivity index (χ1) is 18.3. The predicted molar refractivity (Wildman–Crippen MR) is 153 cm³/mol. The largest absolute Gasteiger partial charge is 0.341 e. The molecule has 1 aromatic carbocycles. The number of likely N-dealkylation sites (tertiary alicyclic amines) is 1. The summed E-state index contributed by atoms with van der Waals surface area (Å²) in [4.78, 5) is 31.2. The molecule has 9 heteroatoms. The summed E-state index contributed by atoms with van der Waals surface area (Å²) in [7, 11) is 3.71. The van der Waals surface area contributed by atoms with Gasteiger partial charge < -0.3 is 20.9 Å². The molecule has 8 nitrogen and oxygen atoms in total. The van der Waals surface area contributed by atoms with Gasteiger partial charge in [0.1, 0.15) is 0 Å². The Kier molecular flexibility index (Phi) is 10.7. The Morgan fingerprint density at radius 2 is 1.55 bits per heavy atom. The average molecular weight is 547 g/mol. The quantitative estimate of drug-likeness (QED) is 0.430. The Morgan fingerprint density at radius 1 is 0.947 bits per heavy atom. The highest BCUT2D eigenvalue weighted by atomic mass is 35.5. The Bertz CT molecular complexity index is 891. The molecule has 0 bridgehead atoms. The lowest BCUT2D eigenvalue weighted by atomic mass is 9.90. The van der Waals surface area contributed by atoms with Gasteiger partial charge in [-0.15, -0.1) is 0 Å². The van der Waals surface area contributed by atoms with Crippen molar-refractivity contribution >= 4 is 23.5 Å². The second-order valence-corrected chi connectivity index (χ2v) is 12.2. The fourth-order valence-electron chi connectivity index (χ4n) is 6.47. The van der Waals surface area contributed by atoms with E-state index in [-0.39, 0.29) is 36.1 Å². The molecule has 2 aliphatic carbocycles. The lowest BCUT2D eigenvalue weighted by Gasteiger charge is -2.44. The van der Waals surface area contributed by atoms with E-state index in [1.807, 2.05) is 43.3 Å². The summed E-state index contributed by atoms with van der Waals surface area (Å²) >= 11 is 6.11. The van der Waals surface area contributed by atoms with Gasteiger partial charge in [0, 0.05) is 56.4 Å². The van der Waals surface area contributed by atoms with Crippen molar-refractivity contribution in [2.75, 3.05) is 27.2 Å². The molecule has 3 aliphatic rings. The Hall–Kier alpha value is -1.87. The molecular weight excluding hydrogens is 500 g/mol. The molecule has 1 aliphatic heterocycles. The smallest absolute Gasteiger partial charge is 0.332 e. The molecule has 38 heavy (non-hydrogen) atoms. The zero-order valence-corrected chi connectivity index (χ0v) is 24.0. The van der Waals surface area contributed by atoms with E-state index in [1.54, 1.807) is 5.01 Å². The topological polar surface area (TPSA) is 93.9 Å². The summed E-state index contributed by atoms with van der Waals surface area (Å²) in [6.07, 6.45) is 12.0. The van der Waals surface area contributed by atoms with Crippen molar-refractivity contribution in [1.29, 1.82) is 0 Å². The van der Waals surface area contributed by atoms with Crippen LogP contribution in [0.25, 0.3) is 0 Å². The van der Waals surface area contributed by atoms with Crippen LogP contribution in [0.2, 0.25) is 5.02 Å². The van der Waals surface area contributed by atoms with Crippen LogP contribution in [0.1, 0.15) is 76.2 Å². The predicted octanol–water partition coefficient (Wildman–Crippen LogP) is 3.92. The summed E-state index contributed by atoms with van der Waals surface area (Å²) < 4.78 is 0. The van der Waals surface area contributed by atoms with Crippen LogP contribution >= 0.6 is 11.6 Å². The van der Waals surface area contributed by atoms with E-state index in [4.69, 9.17) is 17.3 Å². The third-order valence-electron chi connectivity index (χ3n) is 8.55. The van der Waals surface area contributed by atoms with Gasteiger partial charge in [-0.1, -0.05) is 43.0 Å². The van der Waals surface area contributed by atoms with Crippen LogP contribution in [0.5, 0.6) is 0 Å². The van der Waals surface area contributed by atoms with Crippen molar-refractivity contribution < 1.29 is 9.59 Å². The molecule has 0 radical (unpaired) electrons. The maximum Gasteiger partial charge on any atom is 0.332 e. The highest BCUT2D eigenvalue weighted by Crippen LogP contribution is 2.28. The number of piperidine rings is 1. The van der Waals surface area contributed by atoms with Crippen LogP contribution in [0.4, 0.5) is 4.79 Å². The van der Waals surface area contributed by atoms with Gasteiger partial charge in [-0.05, 0) is 75.5 Å². The molecule has 3 fully saturated rings. The highest BCUT2D eigenvalue weighted by molar-refractivity contribution is 6.30. The normalized spacial score (nSPS) is 24.3. The number of carbonyl (C=O) groups is 2. The Balaban J connectivity index is 1.41. The first-order valence-corrected chi connectivity index (χ1v) is 15.0. The van der Waals surface area contributed by atoms with E-state index < -0.39 is 0 Å². The average Bonchev–Trinajstić information content (AvgIpc) is 2.91. The summed E-state index contributed by atoms with van der Waals surface area (Å²) in [5, 5.41) is 6.13. The number of rotatable bonds is 8. The molecule has 1 aromatic rings. The van der Waals surface area contributed by atoms with E-state index in [1.165, 1.54) is 19.3 Å². The number of nitrogens with zero attached hydrogens (tertiary/aromatic N) is 3. The van der Waals surface area contributed by atoms with Gasteiger partial charge in [-0.3, -0.25) is 10.2 Å². The van der Waals surface area contributed by atoms with Crippen LogP contribution < -0.4 is 16.5 Å². The molecule has 4 rings (SSSR count). The fraction of sp³-hybridized carbons (Fsp3) is 0.724. The van der Waals surface area contributed by atoms with E-state index >= 15 is 0 Å². The minimum atomic E-state index is -0.279. The molecular formula is C29H47ClN6O2. The van der Waals surface area contributed by atoms with E-state index in [2.05, 4.69) is 15.6 Å². The third-order valence-corrected chi connectivity index (χ3v) is 8.80. The van der Waals surface area contributed by atoms with Crippen LogP contribution in [0, 0.1) is 0 Å². The maximum atomic E-state index is 13.9. The molecule has 1 heterocycles.